The molecule has 2 aromatic carbocycles. The number of thioether (sulfide) groups is 1. The Kier molecular flexibility index (Phi) is 6.66. The van der Waals surface area contributed by atoms with E-state index >= 15 is 0 Å². The molecule has 2 unspecified atom stereocenters. The van der Waals surface area contributed by atoms with E-state index in [0.717, 1.165) is 4.90 Å². The molecular formula is C18H22N2O3S. The van der Waals surface area contributed by atoms with Crippen LogP contribution in [0.5, 0.6) is 5.75 Å². The largest absolute Gasteiger partial charge is 0.508 e. The highest BCUT2D eigenvalue weighted by Crippen LogP contribution is 2.21. The van der Waals surface area contributed by atoms with Crippen LogP contribution in [0.4, 0.5) is 0 Å². The molecule has 0 heterocycles. The Morgan fingerprint density at radius 3 is 2.58 bits per heavy atom. The molecule has 0 aliphatic rings. The number of aliphatic hydroxyl groups excluding tert-OH is 1. The molecule has 5 nitrogen and oxygen atoms in total. The summed E-state index contributed by atoms with van der Waals surface area (Å²) in [4.78, 5) is 13.5. The van der Waals surface area contributed by atoms with Crippen molar-refractivity contribution in [1.82, 2.24) is 5.32 Å². The maximum Gasteiger partial charge on any atom is 0.252 e. The van der Waals surface area contributed by atoms with E-state index < -0.39 is 12.1 Å². The van der Waals surface area contributed by atoms with Crippen LogP contribution in [0.2, 0.25) is 0 Å². The van der Waals surface area contributed by atoms with Crippen molar-refractivity contribution in [2.24, 2.45) is 5.73 Å². The Bertz CT molecular complexity index is 679. The van der Waals surface area contributed by atoms with E-state index in [0.29, 0.717) is 16.9 Å². The fraction of sp³-hybridized carbons (Fsp3) is 0.278. The van der Waals surface area contributed by atoms with Gasteiger partial charge in [-0.05, 0) is 31.2 Å². The number of rotatable bonds is 7. The molecule has 0 fully saturated rings. The Morgan fingerprint density at radius 2 is 1.92 bits per heavy atom. The first-order valence-electron chi connectivity index (χ1n) is 7.68. The average Bonchev–Trinajstić information content (AvgIpc) is 2.61. The number of carbonyl (C=O) groups excluding carboxylic acids is 1. The molecule has 0 aliphatic carbocycles. The van der Waals surface area contributed by atoms with Crippen molar-refractivity contribution < 1.29 is 15.0 Å². The van der Waals surface area contributed by atoms with Gasteiger partial charge in [-0.15, -0.1) is 11.8 Å². The summed E-state index contributed by atoms with van der Waals surface area (Å²) in [6.07, 6.45) is -0.845. The van der Waals surface area contributed by atoms with Crippen molar-refractivity contribution in [3.05, 3.63) is 59.7 Å². The van der Waals surface area contributed by atoms with E-state index in [-0.39, 0.29) is 18.2 Å². The molecule has 0 spiro atoms. The van der Waals surface area contributed by atoms with E-state index in [1.54, 1.807) is 19.1 Å². The van der Waals surface area contributed by atoms with Crippen molar-refractivity contribution in [3.63, 3.8) is 0 Å². The molecule has 24 heavy (non-hydrogen) atoms. The minimum absolute atomic E-state index is 0.0549. The van der Waals surface area contributed by atoms with Crippen molar-refractivity contribution in [2.75, 3.05) is 12.3 Å². The lowest BCUT2D eigenvalue weighted by atomic mass is 10.1. The van der Waals surface area contributed by atoms with Crippen LogP contribution in [0.15, 0.2) is 53.4 Å². The molecule has 0 saturated carbocycles. The first kappa shape index (κ1) is 18.3. The van der Waals surface area contributed by atoms with Crippen LogP contribution < -0.4 is 11.1 Å². The molecule has 0 bridgehead atoms. The van der Waals surface area contributed by atoms with Crippen LogP contribution in [0.3, 0.4) is 0 Å². The van der Waals surface area contributed by atoms with Crippen molar-refractivity contribution >= 4 is 17.7 Å². The Morgan fingerprint density at radius 1 is 1.21 bits per heavy atom. The molecule has 0 aromatic heterocycles. The molecule has 128 valence electrons. The summed E-state index contributed by atoms with van der Waals surface area (Å²) >= 11 is 1.54. The first-order chi connectivity index (χ1) is 11.5. The summed E-state index contributed by atoms with van der Waals surface area (Å²) in [5.74, 6) is 0.221. The predicted molar refractivity (Wildman–Crippen MR) is 96.3 cm³/mol. The van der Waals surface area contributed by atoms with Gasteiger partial charge in [0.2, 0.25) is 0 Å². The molecule has 1 amide bonds. The summed E-state index contributed by atoms with van der Waals surface area (Å²) in [5, 5.41) is 22.7. The highest BCUT2D eigenvalue weighted by Gasteiger charge is 2.22. The summed E-state index contributed by atoms with van der Waals surface area (Å²) in [6.45, 7) is 1.73. The first-order valence-corrected chi connectivity index (χ1v) is 8.67. The van der Waals surface area contributed by atoms with E-state index in [1.807, 2.05) is 30.3 Å². The number of nitrogens with one attached hydrogen (secondary N) is 1. The number of amides is 1. The quantitative estimate of drug-likeness (QED) is 0.575. The van der Waals surface area contributed by atoms with E-state index in [4.69, 9.17) is 5.73 Å². The van der Waals surface area contributed by atoms with Gasteiger partial charge in [0.1, 0.15) is 5.75 Å². The van der Waals surface area contributed by atoms with E-state index in [1.165, 1.54) is 17.8 Å². The zero-order chi connectivity index (χ0) is 17.5. The van der Waals surface area contributed by atoms with Gasteiger partial charge in [-0.3, -0.25) is 4.79 Å². The number of nitrogens with two attached hydrogens (primary N) is 1. The molecule has 2 rings (SSSR count). The number of phenolic OH excluding ortho intramolecular Hbond substituents is 1. The molecule has 6 heteroatoms. The lowest BCUT2D eigenvalue weighted by Gasteiger charge is -2.23. The van der Waals surface area contributed by atoms with E-state index in [9.17, 15) is 15.0 Å². The van der Waals surface area contributed by atoms with Gasteiger partial charge in [0, 0.05) is 28.3 Å². The summed E-state index contributed by atoms with van der Waals surface area (Å²) in [7, 11) is 0. The average molecular weight is 346 g/mol. The minimum atomic E-state index is -0.845. The lowest BCUT2D eigenvalue weighted by molar-refractivity contribution is 0.0865. The highest BCUT2D eigenvalue weighted by atomic mass is 32.2. The molecule has 0 saturated heterocycles. The summed E-state index contributed by atoms with van der Waals surface area (Å²) < 4.78 is 0. The minimum Gasteiger partial charge on any atom is -0.508 e. The molecular weight excluding hydrogens is 324 g/mol. The fourth-order valence-electron chi connectivity index (χ4n) is 2.23. The molecule has 0 radical (unpaired) electrons. The number of aliphatic hydroxyl groups is 1. The maximum absolute atomic E-state index is 12.5. The van der Waals surface area contributed by atoms with Gasteiger partial charge in [-0.25, -0.2) is 0 Å². The second-order valence-corrected chi connectivity index (χ2v) is 6.55. The molecule has 0 aliphatic heterocycles. The number of carbonyl (C=O) groups is 1. The summed E-state index contributed by atoms with van der Waals surface area (Å²) in [6, 6.07) is 14.0. The van der Waals surface area contributed by atoms with Gasteiger partial charge in [0.25, 0.3) is 5.91 Å². The van der Waals surface area contributed by atoms with Gasteiger partial charge in [0.05, 0.1) is 12.1 Å². The van der Waals surface area contributed by atoms with Crippen LogP contribution in [0.25, 0.3) is 0 Å². The van der Waals surface area contributed by atoms with Crippen LogP contribution in [0.1, 0.15) is 15.9 Å². The maximum atomic E-state index is 12.5. The van der Waals surface area contributed by atoms with Gasteiger partial charge in [0.15, 0.2) is 0 Å². The third-order valence-electron chi connectivity index (χ3n) is 3.75. The van der Waals surface area contributed by atoms with Crippen molar-refractivity contribution in [1.29, 1.82) is 0 Å². The van der Waals surface area contributed by atoms with Gasteiger partial charge in [-0.2, -0.15) is 0 Å². The van der Waals surface area contributed by atoms with Crippen molar-refractivity contribution in [3.8, 4) is 5.75 Å². The number of hydrogen-bond acceptors (Lipinski definition) is 5. The predicted octanol–water partition coefficient (Wildman–Crippen LogP) is 1.91. The van der Waals surface area contributed by atoms with E-state index in [2.05, 4.69) is 5.32 Å². The Balaban J connectivity index is 2.08. The number of hydrogen-bond donors (Lipinski definition) is 4. The van der Waals surface area contributed by atoms with Crippen LogP contribution >= 0.6 is 11.8 Å². The monoisotopic (exact) mass is 346 g/mol. The van der Waals surface area contributed by atoms with Gasteiger partial charge >= 0.3 is 0 Å². The fourth-order valence-corrected chi connectivity index (χ4v) is 3.26. The highest BCUT2D eigenvalue weighted by molar-refractivity contribution is 7.99. The second-order valence-electron chi connectivity index (χ2n) is 5.46. The third-order valence-corrected chi connectivity index (χ3v) is 4.88. The lowest BCUT2D eigenvalue weighted by Crippen LogP contribution is -2.48. The zero-order valence-electron chi connectivity index (χ0n) is 13.5. The number of phenols is 1. The third kappa shape index (κ3) is 4.74. The molecule has 2 aromatic rings. The van der Waals surface area contributed by atoms with Crippen LogP contribution in [-0.4, -0.2) is 40.6 Å². The van der Waals surface area contributed by atoms with Crippen molar-refractivity contribution in [2.45, 2.75) is 24.0 Å². The molecule has 5 N–H and O–H groups in total. The number of aromatic hydroxyl groups is 1. The second kappa shape index (κ2) is 8.73. The zero-order valence-corrected chi connectivity index (χ0v) is 14.3. The van der Waals surface area contributed by atoms with Gasteiger partial charge in [-0.1, -0.05) is 24.3 Å². The van der Waals surface area contributed by atoms with Crippen LogP contribution in [0, 0.1) is 6.92 Å². The SMILES string of the molecule is Cc1c(O)cccc1C(=O)NC(CSc1ccccc1)C(O)CN. The number of benzene rings is 2. The smallest absolute Gasteiger partial charge is 0.252 e. The standard InChI is InChI=1S/C18H22N2O3S/c1-12-14(8-5-9-16(12)21)18(23)20-15(17(22)10-19)11-24-13-6-3-2-4-7-13/h2-9,15,17,21-22H,10-11,19H2,1H3,(H,20,23). The van der Waals surface area contributed by atoms with Gasteiger partial charge < -0.3 is 21.3 Å². The topological polar surface area (TPSA) is 95.6 Å². The Labute approximate surface area is 145 Å². The normalized spacial score (nSPS) is 13.3. The van der Waals surface area contributed by atoms with Crippen LogP contribution in [-0.2, 0) is 0 Å². The molecule has 2 atom stereocenters. The Hall–Kier alpha value is -2.02. The summed E-state index contributed by atoms with van der Waals surface area (Å²) in [5.41, 5.74) is 6.45.